The Morgan fingerprint density at radius 3 is 0.837 bits per heavy atom. The van der Waals surface area contributed by atoms with Gasteiger partial charge in [0.05, 0.1) is 12.8 Å². The van der Waals surface area contributed by atoms with Crippen molar-refractivity contribution in [3.05, 3.63) is 112 Å². The van der Waals surface area contributed by atoms with E-state index in [4.69, 9.17) is 0 Å². The molecule has 0 radical (unpaired) electrons. The second kappa shape index (κ2) is 11.7. The number of para-hydroxylation sites is 1. The van der Waals surface area contributed by atoms with Crippen LogP contribution in [-0.4, -0.2) is 18.3 Å². The molecule has 0 spiro atoms. The molecule has 0 aliphatic carbocycles. The number of benzene rings is 4. The first kappa shape index (κ1) is 33.2. The summed E-state index contributed by atoms with van der Waals surface area (Å²) < 4.78 is 221. The molecule has 18 heteroatoms. The molecule has 4 aromatic rings. The normalized spacial score (nSPS) is 11.5. The molecule has 4 rings (SSSR count). The minimum absolute atomic E-state index is 0.184. The number of quaternary nitrogens is 1. The van der Waals surface area contributed by atoms with E-state index < -0.39 is 121 Å². The molecule has 0 aliphatic rings. The number of phenolic OH excluding ortho intramolecular Hbond substituents is 1. The molecule has 4 aromatic carbocycles. The van der Waals surface area contributed by atoms with E-state index in [1.54, 1.807) is 7.05 Å². The Bertz CT molecular complexity index is 1520. The SMILES string of the molecule is C[NH3+].Oc1ccccc1[B-](c1c(F)c(F)c(F)c(F)c1F)(c1c(F)c(F)c(F)c(F)c1F)c1c(F)c(F)c(F)c(F)c1F. The molecule has 4 N–H and O–H groups in total. The van der Waals surface area contributed by atoms with Gasteiger partial charge < -0.3 is 10.8 Å². The van der Waals surface area contributed by atoms with Crippen molar-refractivity contribution in [1.82, 2.24) is 0 Å². The summed E-state index contributed by atoms with van der Waals surface area (Å²) in [7, 11) is 1.75. The standard InChI is InChI=1S/C24H5BF15O.CH5N/c26-10-7(11(27)17(33)22(38)16(10)32)25(5-3-1-2-4-6(5)41,8-12(28)18(34)23(39)19(35)13(8)29)9-14(30)20(36)24(40)21(37)15(9)31;1-2/h1-4,41H;2H2,1H3/q-1;/p+1. The highest BCUT2D eigenvalue weighted by Crippen LogP contribution is 2.29. The van der Waals surface area contributed by atoms with Gasteiger partial charge >= 0.3 is 0 Å². The molecule has 0 unspecified atom stereocenters. The van der Waals surface area contributed by atoms with Crippen molar-refractivity contribution < 1.29 is 76.7 Å². The van der Waals surface area contributed by atoms with E-state index >= 15 is 26.3 Å². The average molecular weight is 637 g/mol. The molecule has 43 heavy (non-hydrogen) atoms. The molecule has 0 bridgehead atoms. The number of hydrogen-bond acceptors (Lipinski definition) is 1. The van der Waals surface area contributed by atoms with Crippen molar-refractivity contribution in [1.29, 1.82) is 0 Å². The Kier molecular flexibility index (Phi) is 9.05. The predicted octanol–water partition coefficient (Wildman–Crippen LogP) is 3.71. The molecular formula is C25H11BF15NO. The fourth-order valence-electron chi connectivity index (χ4n) is 4.76. The van der Waals surface area contributed by atoms with Crippen molar-refractivity contribution >= 4 is 28.0 Å². The third kappa shape index (κ3) is 4.54. The highest BCUT2D eigenvalue weighted by molar-refractivity contribution is 7.20. The summed E-state index contributed by atoms with van der Waals surface area (Å²) in [5, 5.41) is 10.5. The lowest BCUT2D eigenvalue weighted by atomic mass is 9.12. The van der Waals surface area contributed by atoms with Gasteiger partial charge in [0.25, 0.3) is 0 Å². The van der Waals surface area contributed by atoms with Gasteiger partial charge in [-0.15, -0.1) is 16.4 Å². The first-order valence-electron chi connectivity index (χ1n) is 11.2. The lowest BCUT2D eigenvalue weighted by Crippen LogP contribution is -2.79. The van der Waals surface area contributed by atoms with Crippen LogP contribution in [0.25, 0.3) is 0 Å². The smallest absolute Gasteiger partial charge is 0.200 e. The van der Waals surface area contributed by atoms with Crippen LogP contribution in [0.3, 0.4) is 0 Å². The van der Waals surface area contributed by atoms with Crippen LogP contribution in [0, 0.1) is 87.3 Å². The molecular weight excluding hydrogens is 626 g/mol. The van der Waals surface area contributed by atoms with Gasteiger partial charge in [-0.25, -0.2) is 65.9 Å². The number of hydrogen-bond donors (Lipinski definition) is 2. The van der Waals surface area contributed by atoms with E-state index in [-0.39, 0.29) is 6.07 Å². The van der Waals surface area contributed by atoms with Crippen molar-refractivity contribution in [2.24, 2.45) is 0 Å². The van der Waals surface area contributed by atoms with Gasteiger partial charge in [0, 0.05) is 0 Å². The zero-order valence-electron chi connectivity index (χ0n) is 20.7. The number of rotatable bonds is 4. The summed E-state index contributed by atoms with van der Waals surface area (Å²) in [6, 6.07) is 1.92. The Balaban J connectivity index is 0.00000248. The first-order valence-corrected chi connectivity index (χ1v) is 11.2. The second-order valence-electron chi connectivity index (χ2n) is 8.38. The van der Waals surface area contributed by atoms with Gasteiger partial charge in [-0.05, 0) is 6.07 Å². The average Bonchev–Trinajstić information content (AvgIpc) is 3.00. The van der Waals surface area contributed by atoms with E-state index in [9.17, 15) is 44.6 Å². The van der Waals surface area contributed by atoms with Crippen LogP contribution >= 0.6 is 0 Å². The molecule has 230 valence electrons. The van der Waals surface area contributed by atoms with Gasteiger partial charge in [-0.2, -0.15) is 5.46 Å². The molecule has 0 saturated carbocycles. The van der Waals surface area contributed by atoms with Crippen molar-refractivity contribution in [2.75, 3.05) is 7.05 Å². The summed E-state index contributed by atoms with van der Waals surface area (Å²) in [5.41, 5.74) is -7.01. The molecule has 0 aromatic heterocycles. The van der Waals surface area contributed by atoms with E-state index in [1.165, 1.54) is 0 Å². The summed E-state index contributed by atoms with van der Waals surface area (Å²) in [5.74, 6) is -48.4. The summed E-state index contributed by atoms with van der Waals surface area (Å²) in [6.07, 6.45) is -5.99. The fourth-order valence-corrected chi connectivity index (χ4v) is 4.76. The maximum Gasteiger partial charge on any atom is 0.200 e. The minimum atomic E-state index is -5.99. The second-order valence-corrected chi connectivity index (χ2v) is 8.38. The van der Waals surface area contributed by atoms with Crippen molar-refractivity contribution in [3.63, 3.8) is 0 Å². The number of aromatic hydroxyl groups is 1. The summed E-state index contributed by atoms with van der Waals surface area (Å²) in [4.78, 5) is 0. The molecule has 0 saturated heterocycles. The Morgan fingerprint density at radius 1 is 0.395 bits per heavy atom. The fraction of sp³-hybridized carbons (Fsp3) is 0.0400. The van der Waals surface area contributed by atoms with Gasteiger partial charge in [0.15, 0.2) is 52.4 Å². The van der Waals surface area contributed by atoms with E-state index in [0.717, 1.165) is 6.07 Å². The zero-order chi connectivity index (χ0) is 32.9. The lowest BCUT2D eigenvalue weighted by molar-refractivity contribution is -0.325. The molecule has 0 amide bonds. The Hall–Kier alpha value is -4.35. The zero-order valence-corrected chi connectivity index (χ0v) is 20.7. The quantitative estimate of drug-likeness (QED) is 0.153. The van der Waals surface area contributed by atoms with Gasteiger partial charge in [0.2, 0.25) is 0 Å². The van der Waals surface area contributed by atoms with Gasteiger partial charge in [-0.1, -0.05) is 18.2 Å². The minimum Gasteiger partial charge on any atom is -0.511 e. The van der Waals surface area contributed by atoms with Gasteiger partial charge in [-0.3, -0.25) is 0 Å². The van der Waals surface area contributed by atoms with Crippen LogP contribution in [0.5, 0.6) is 5.75 Å². The Morgan fingerprint density at radius 2 is 0.605 bits per heavy atom. The predicted molar refractivity (Wildman–Crippen MR) is 120 cm³/mol. The third-order valence-electron chi connectivity index (χ3n) is 6.43. The Labute approximate surface area is 229 Å². The van der Waals surface area contributed by atoms with Crippen molar-refractivity contribution in [2.45, 2.75) is 0 Å². The number of phenols is 1. The maximum atomic E-state index is 15.4. The first-order chi connectivity index (χ1) is 20.0. The van der Waals surface area contributed by atoms with Crippen LogP contribution in [0.15, 0.2) is 24.3 Å². The summed E-state index contributed by atoms with van der Waals surface area (Å²) >= 11 is 0. The molecule has 0 fully saturated rings. The monoisotopic (exact) mass is 637 g/mol. The topological polar surface area (TPSA) is 47.9 Å². The van der Waals surface area contributed by atoms with Crippen LogP contribution in [0.2, 0.25) is 0 Å². The molecule has 0 heterocycles. The van der Waals surface area contributed by atoms with E-state index in [0.29, 0.717) is 12.1 Å². The number of halogens is 15. The van der Waals surface area contributed by atoms with Crippen LogP contribution < -0.4 is 27.6 Å². The van der Waals surface area contributed by atoms with Crippen molar-refractivity contribution in [3.8, 4) is 5.75 Å². The van der Waals surface area contributed by atoms with Crippen LogP contribution in [-0.2, 0) is 0 Å². The van der Waals surface area contributed by atoms with E-state index in [1.807, 2.05) is 0 Å². The molecule has 0 atom stereocenters. The lowest BCUT2D eigenvalue weighted by Gasteiger charge is -2.44. The third-order valence-corrected chi connectivity index (χ3v) is 6.43. The summed E-state index contributed by atoms with van der Waals surface area (Å²) in [6.45, 7) is 0. The highest BCUT2D eigenvalue weighted by Gasteiger charge is 2.49. The molecule has 2 nitrogen and oxygen atoms in total. The van der Waals surface area contributed by atoms with Crippen LogP contribution in [0.1, 0.15) is 0 Å². The molecule has 0 aliphatic heterocycles. The van der Waals surface area contributed by atoms with E-state index in [2.05, 4.69) is 5.73 Å². The van der Waals surface area contributed by atoms with Gasteiger partial charge in [0.1, 0.15) is 41.0 Å². The maximum absolute atomic E-state index is 15.4. The largest absolute Gasteiger partial charge is 0.511 e. The van der Waals surface area contributed by atoms with Crippen LogP contribution in [0.4, 0.5) is 65.9 Å². The highest BCUT2D eigenvalue weighted by atomic mass is 19.2.